The number of carbonyl (C=O) groups is 1. The molecule has 0 N–H and O–H groups in total. The van der Waals surface area contributed by atoms with E-state index in [0.717, 1.165) is 12.8 Å². The van der Waals surface area contributed by atoms with Crippen LogP contribution in [0.3, 0.4) is 0 Å². The van der Waals surface area contributed by atoms with Gasteiger partial charge in [-0.25, -0.2) is 4.79 Å². The van der Waals surface area contributed by atoms with Gasteiger partial charge in [0, 0.05) is 6.21 Å². The van der Waals surface area contributed by atoms with Gasteiger partial charge in [-0.15, -0.1) is 0 Å². The van der Waals surface area contributed by atoms with E-state index >= 15 is 0 Å². The second-order valence-electron chi connectivity index (χ2n) is 3.44. The molecule has 0 aromatic carbocycles. The number of rotatable bonds is 2. The van der Waals surface area contributed by atoms with Crippen molar-refractivity contribution in [2.45, 2.75) is 44.2 Å². The van der Waals surface area contributed by atoms with Crippen LogP contribution in [0.4, 0.5) is 0 Å². The Bertz CT molecular complexity index is 201. The molecule has 3 heteroatoms. The molecule has 3 nitrogen and oxygen atoms in total. The maximum atomic E-state index is 11.1. The second kappa shape index (κ2) is 3.25. The molecule has 0 spiro atoms. The number of hydrogen-bond donors (Lipinski definition) is 0. The largest absolute Gasteiger partial charge is 0.461 e. The first-order valence-corrected chi connectivity index (χ1v) is 4.60. The Morgan fingerprint density at radius 3 is 2.58 bits per heavy atom. The van der Waals surface area contributed by atoms with E-state index in [1.165, 1.54) is 19.3 Å². The molecule has 0 amide bonds. The van der Waals surface area contributed by atoms with Crippen LogP contribution < -0.4 is 0 Å². The maximum Gasteiger partial charge on any atom is 0.336 e. The summed E-state index contributed by atoms with van der Waals surface area (Å²) in [5, 5.41) is 0. The molecule has 1 aliphatic carbocycles. The highest BCUT2D eigenvalue weighted by Crippen LogP contribution is 2.21. The van der Waals surface area contributed by atoms with E-state index in [9.17, 15) is 4.79 Å². The van der Waals surface area contributed by atoms with Crippen LogP contribution in [0.5, 0.6) is 0 Å². The highest BCUT2D eigenvalue weighted by atomic mass is 16.5. The molecule has 0 radical (unpaired) electrons. The summed E-state index contributed by atoms with van der Waals surface area (Å²) in [7, 11) is 0. The van der Waals surface area contributed by atoms with Crippen molar-refractivity contribution in [2.24, 2.45) is 4.99 Å². The lowest BCUT2D eigenvalue weighted by Gasteiger charge is -2.21. The standard InChI is InChI=1S/C9H13NO2/c11-9(8-6-10-8)12-7-4-2-1-3-5-7/h6-8H,1-5H2. The van der Waals surface area contributed by atoms with Crippen molar-refractivity contribution in [3.8, 4) is 0 Å². The number of ether oxygens (including phenoxy) is 1. The third kappa shape index (κ3) is 1.84. The summed E-state index contributed by atoms with van der Waals surface area (Å²) in [6.07, 6.45) is 7.57. The molecule has 1 fully saturated rings. The molecule has 1 atom stereocenters. The molecule has 0 bridgehead atoms. The third-order valence-electron chi connectivity index (χ3n) is 2.37. The van der Waals surface area contributed by atoms with Gasteiger partial charge in [0.25, 0.3) is 0 Å². The van der Waals surface area contributed by atoms with Crippen molar-refractivity contribution in [1.29, 1.82) is 0 Å². The fourth-order valence-electron chi connectivity index (χ4n) is 1.58. The smallest absolute Gasteiger partial charge is 0.336 e. The predicted octanol–water partition coefficient (Wildman–Crippen LogP) is 1.32. The quantitative estimate of drug-likeness (QED) is 0.582. The first-order chi connectivity index (χ1) is 5.86. The van der Waals surface area contributed by atoms with Crippen molar-refractivity contribution in [3.63, 3.8) is 0 Å². The number of esters is 1. The lowest BCUT2D eigenvalue weighted by atomic mass is 9.98. The topological polar surface area (TPSA) is 38.7 Å². The van der Waals surface area contributed by atoms with Gasteiger partial charge in [0.15, 0.2) is 6.04 Å². The molecule has 1 heterocycles. The molecule has 1 saturated carbocycles. The van der Waals surface area contributed by atoms with E-state index in [2.05, 4.69) is 4.99 Å². The molecule has 1 aliphatic heterocycles. The number of aliphatic imine (C=N–C) groups is 1. The van der Waals surface area contributed by atoms with Crippen molar-refractivity contribution in [1.82, 2.24) is 0 Å². The van der Waals surface area contributed by atoms with Crippen molar-refractivity contribution in [2.75, 3.05) is 0 Å². The Hall–Kier alpha value is -0.860. The predicted molar refractivity (Wildman–Crippen MR) is 45.2 cm³/mol. The molecule has 2 aliphatic rings. The Balaban J connectivity index is 1.73. The van der Waals surface area contributed by atoms with Gasteiger partial charge in [-0.3, -0.25) is 4.99 Å². The van der Waals surface area contributed by atoms with Gasteiger partial charge >= 0.3 is 5.97 Å². The van der Waals surface area contributed by atoms with Crippen LogP contribution in [-0.4, -0.2) is 24.3 Å². The lowest BCUT2D eigenvalue weighted by molar-refractivity contribution is -0.149. The van der Waals surface area contributed by atoms with Crippen molar-refractivity contribution in [3.05, 3.63) is 0 Å². The zero-order valence-corrected chi connectivity index (χ0v) is 7.03. The first-order valence-electron chi connectivity index (χ1n) is 4.60. The lowest BCUT2D eigenvalue weighted by Crippen LogP contribution is -2.24. The minimum absolute atomic E-state index is 0.151. The summed E-state index contributed by atoms with van der Waals surface area (Å²) in [5.74, 6) is -0.151. The summed E-state index contributed by atoms with van der Waals surface area (Å²) < 4.78 is 5.25. The Kier molecular flexibility index (Phi) is 2.11. The van der Waals surface area contributed by atoms with Crippen LogP contribution in [0.25, 0.3) is 0 Å². The summed E-state index contributed by atoms with van der Waals surface area (Å²) in [5.41, 5.74) is 0. The average molecular weight is 167 g/mol. The molecule has 66 valence electrons. The molecule has 0 aromatic rings. The molecule has 12 heavy (non-hydrogen) atoms. The summed E-state index contributed by atoms with van der Waals surface area (Å²) in [6, 6.07) is -0.230. The van der Waals surface area contributed by atoms with Gasteiger partial charge in [-0.05, 0) is 25.7 Å². The Morgan fingerprint density at radius 1 is 1.33 bits per heavy atom. The van der Waals surface area contributed by atoms with Crippen molar-refractivity contribution < 1.29 is 9.53 Å². The van der Waals surface area contributed by atoms with Crippen LogP contribution >= 0.6 is 0 Å². The maximum absolute atomic E-state index is 11.1. The molecule has 0 saturated heterocycles. The Labute approximate surface area is 71.8 Å². The first kappa shape index (κ1) is 7.77. The molecular formula is C9H13NO2. The summed E-state index contributed by atoms with van der Waals surface area (Å²) >= 11 is 0. The van der Waals surface area contributed by atoms with Gasteiger partial charge < -0.3 is 4.74 Å². The van der Waals surface area contributed by atoms with Gasteiger partial charge in [0.05, 0.1) is 0 Å². The van der Waals surface area contributed by atoms with Crippen LogP contribution in [0.2, 0.25) is 0 Å². The minimum Gasteiger partial charge on any atom is -0.461 e. The van der Waals surface area contributed by atoms with Crippen LogP contribution in [-0.2, 0) is 9.53 Å². The highest BCUT2D eigenvalue weighted by Gasteiger charge is 2.27. The zero-order valence-electron chi connectivity index (χ0n) is 7.03. The van der Waals surface area contributed by atoms with E-state index in [4.69, 9.17) is 4.74 Å². The Morgan fingerprint density at radius 2 is 2.00 bits per heavy atom. The zero-order chi connectivity index (χ0) is 8.39. The molecule has 0 aromatic heterocycles. The number of carbonyl (C=O) groups excluding carboxylic acids is 1. The monoisotopic (exact) mass is 167 g/mol. The minimum atomic E-state index is -0.230. The second-order valence-corrected chi connectivity index (χ2v) is 3.44. The fraction of sp³-hybridized carbons (Fsp3) is 0.778. The molecule has 2 rings (SSSR count). The summed E-state index contributed by atoms with van der Waals surface area (Å²) in [6.45, 7) is 0. The third-order valence-corrected chi connectivity index (χ3v) is 2.37. The van der Waals surface area contributed by atoms with E-state index in [-0.39, 0.29) is 18.1 Å². The van der Waals surface area contributed by atoms with Gasteiger partial charge in [-0.2, -0.15) is 0 Å². The van der Waals surface area contributed by atoms with E-state index in [1.807, 2.05) is 0 Å². The van der Waals surface area contributed by atoms with Crippen LogP contribution in [0.15, 0.2) is 4.99 Å². The fourth-order valence-corrected chi connectivity index (χ4v) is 1.58. The van der Waals surface area contributed by atoms with E-state index < -0.39 is 0 Å². The van der Waals surface area contributed by atoms with Gasteiger partial charge in [0.1, 0.15) is 6.10 Å². The SMILES string of the molecule is O=C(OC1CCCCC1)C1C=N1. The number of nitrogens with zero attached hydrogens (tertiary/aromatic N) is 1. The normalized spacial score (nSPS) is 28.5. The molecule has 1 unspecified atom stereocenters. The van der Waals surface area contributed by atoms with Crippen LogP contribution in [0, 0.1) is 0 Å². The summed E-state index contributed by atoms with van der Waals surface area (Å²) in [4.78, 5) is 14.9. The average Bonchev–Trinajstić information content (AvgIpc) is 2.88. The van der Waals surface area contributed by atoms with Crippen LogP contribution in [0.1, 0.15) is 32.1 Å². The van der Waals surface area contributed by atoms with E-state index in [1.54, 1.807) is 6.21 Å². The van der Waals surface area contributed by atoms with Crippen molar-refractivity contribution >= 4 is 12.2 Å². The van der Waals surface area contributed by atoms with Gasteiger partial charge in [-0.1, -0.05) is 6.42 Å². The van der Waals surface area contributed by atoms with E-state index in [0.29, 0.717) is 0 Å². The van der Waals surface area contributed by atoms with Gasteiger partial charge in [0.2, 0.25) is 0 Å². The highest BCUT2D eigenvalue weighted by molar-refractivity contribution is 6.03. The molecular weight excluding hydrogens is 154 g/mol. The number of hydrogen-bond acceptors (Lipinski definition) is 3.